The van der Waals surface area contributed by atoms with Crippen LogP contribution < -0.4 is 5.32 Å². The maximum absolute atomic E-state index is 5.37. The van der Waals surface area contributed by atoms with E-state index >= 15 is 0 Å². The topological polar surface area (TPSA) is 38.1 Å². The highest BCUT2D eigenvalue weighted by molar-refractivity contribution is 5.87. The summed E-state index contributed by atoms with van der Waals surface area (Å²) in [7, 11) is 0. The van der Waals surface area contributed by atoms with E-state index in [0.29, 0.717) is 6.04 Å². The molecule has 3 nitrogen and oxygen atoms in total. The Morgan fingerprint density at radius 2 is 2.17 bits per heavy atom. The van der Waals surface area contributed by atoms with Crippen molar-refractivity contribution in [2.45, 2.75) is 52.0 Å². The summed E-state index contributed by atoms with van der Waals surface area (Å²) in [5, 5.41) is 4.54. The standard InChI is InChI=1S/C15H22N2O/c1-3-4-5-6-7-12(2)17-15-13-9-11-18-14(13)8-10-16-15/h8-12H,3-7H2,1-2H3,(H,16,17). The van der Waals surface area contributed by atoms with Gasteiger partial charge >= 0.3 is 0 Å². The first kappa shape index (κ1) is 12.9. The number of aromatic nitrogens is 1. The number of unbranched alkanes of at least 4 members (excludes halogenated alkanes) is 3. The van der Waals surface area contributed by atoms with E-state index in [9.17, 15) is 0 Å². The minimum Gasteiger partial charge on any atom is -0.464 e. The highest BCUT2D eigenvalue weighted by atomic mass is 16.3. The zero-order chi connectivity index (χ0) is 12.8. The molecule has 0 aliphatic carbocycles. The SMILES string of the molecule is CCCCCCC(C)Nc1nccc2occc12. The molecule has 2 aromatic rings. The van der Waals surface area contributed by atoms with Crippen LogP contribution in [0.3, 0.4) is 0 Å². The van der Waals surface area contributed by atoms with Gasteiger partial charge < -0.3 is 9.73 Å². The van der Waals surface area contributed by atoms with Crippen LogP contribution in [-0.2, 0) is 0 Å². The Morgan fingerprint density at radius 1 is 1.28 bits per heavy atom. The van der Waals surface area contributed by atoms with Crippen molar-refractivity contribution in [3.63, 3.8) is 0 Å². The van der Waals surface area contributed by atoms with Crippen molar-refractivity contribution < 1.29 is 4.42 Å². The quantitative estimate of drug-likeness (QED) is 0.726. The Kier molecular flexibility index (Phi) is 4.62. The molecule has 0 aromatic carbocycles. The summed E-state index contributed by atoms with van der Waals surface area (Å²) in [5.74, 6) is 0.934. The fraction of sp³-hybridized carbons (Fsp3) is 0.533. The van der Waals surface area contributed by atoms with Crippen molar-refractivity contribution in [2.75, 3.05) is 5.32 Å². The Balaban J connectivity index is 1.90. The third-order valence-corrected chi connectivity index (χ3v) is 3.25. The van der Waals surface area contributed by atoms with Crippen LogP contribution in [0.15, 0.2) is 29.0 Å². The zero-order valence-electron chi connectivity index (χ0n) is 11.3. The van der Waals surface area contributed by atoms with Crippen LogP contribution in [0.1, 0.15) is 46.0 Å². The number of hydrogen-bond acceptors (Lipinski definition) is 3. The molecule has 3 heteroatoms. The van der Waals surface area contributed by atoms with Gasteiger partial charge in [0.15, 0.2) is 0 Å². The van der Waals surface area contributed by atoms with Crippen molar-refractivity contribution in [1.29, 1.82) is 0 Å². The largest absolute Gasteiger partial charge is 0.464 e. The summed E-state index contributed by atoms with van der Waals surface area (Å²) in [6, 6.07) is 4.32. The molecule has 0 amide bonds. The van der Waals surface area contributed by atoms with Crippen molar-refractivity contribution in [3.8, 4) is 0 Å². The molecule has 1 N–H and O–H groups in total. The minimum atomic E-state index is 0.454. The lowest BCUT2D eigenvalue weighted by Gasteiger charge is -2.14. The molecule has 2 aromatic heterocycles. The Hall–Kier alpha value is -1.51. The lowest BCUT2D eigenvalue weighted by atomic mass is 10.1. The fourth-order valence-corrected chi connectivity index (χ4v) is 2.19. The Labute approximate surface area is 109 Å². The van der Waals surface area contributed by atoms with Gasteiger partial charge in [0.1, 0.15) is 11.4 Å². The number of fused-ring (bicyclic) bond motifs is 1. The number of hydrogen-bond donors (Lipinski definition) is 1. The van der Waals surface area contributed by atoms with Crippen LogP contribution in [0.2, 0.25) is 0 Å². The van der Waals surface area contributed by atoms with E-state index in [-0.39, 0.29) is 0 Å². The van der Waals surface area contributed by atoms with Crippen LogP contribution >= 0.6 is 0 Å². The van der Waals surface area contributed by atoms with Crippen molar-refractivity contribution in [1.82, 2.24) is 4.98 Å². The van der Waals surface area contributed by atoms with Crippen molar-refractivity contribution >= 4 is 16.8 Å². The lowest BCUT2D eigenvalue weighted by Crippen LogP contribution is -2.15. The van der Waals surface area contributed by atoms with Gasteiger partial charge in [-0.2, -0.15) is 0 Å². The molecule has 18 heavy (non-hydrogen) atoms. The number of pyridine rings is 1. The molecular formula is C15H22N2O. The number of anilines is 1. The van der Waals surface area contributed by atoms with E-state index in [2.05, 4.69) is 24.1 Å². The van der Waals surface area contributed by atoms with Gasteiger partial charge in [-0.1, -0.05) is 32.6 Å². The maximum atomic E-state index is 5.37. The first-order chi connectivity index (χ1) is 8.81. The van der Waals surface area contributed by atoms with Crippen LogP contribution in [0.5, 0.6) is 0 Å². The average Bonchev–Trinajstić information content (AvgIpc) is 2.84. The number of nitrogens with one attached hydrogen (secondary N) is 1. The molecule has 0 bridgehead atoms. The van der Waals surface area contributed by atoms with Crippen LogP contribution in [-0.4, -0.2) is 11.0 Å². The maximum Gasteiger partial charge on any atom is 0.139 e. The van der Waals surface area contributed by atoms with Crippen molar-refractivity contribution in [3.05, 3.63) is 24.6 Å². The number of rotatable bonds is 7. The summed E-state index contributed by atoms with van der Waals surface area (Å²) in [4.78, 5) is 4.39. The van der Waals surface area contributed by atoms with Gasteiger partial charge in [-0.05, 0) is 25.5 Å². The van der Waals surface area contributed by atoms with E-state index < -0.39 is 0 Å². The highest BCUT2D eigenvalue weighted by Crippen LogP contribution is 2.22. The van der Waals surface area contributed by atoms with E-state index in [1.165, 1.54) is 32.1 Å². The molecule has 0 saturated carbocycles. The summed E-state index contributed by atoms with van der Waals surface area (Å²) >= 11 is 0. The summed E-state index contributed by atoms with van der Waals surface area (Å²) in [6.07, 6.45) is 9.92. The van der Waals surface area contributed by atoms with Gasteiger partial charge in [0.05, 0.1) is 11.6 Å². The molecule has 1 unspecified atom stereocenters. The molecule has 0 aliphatic heterocycles. The molecule has 0 saturated heterocycles. The highest BCUT2D eigenvalue weighted by Gasteiger charge is 2.07. The number of nitrogens with zero attached hydrogens (tertiary/aromatic N) is 1. The first-order valence-electron chi connectivity index (χ1n) is 6.90. The molecule has 2 rings (SSSR count). The van der Waals surface area contributed by atoms with Crippen LogP contribution in [0.25, 0.3) is 11.0 Å². The van der Waals surface area contributed by atoms with Crippen LogP contribution in [0, 0.1) is 0 Å². The summed E-state index contributed by atoms with van der Waals surface area (Å²) < 4.78 is 5.37. The molecule has 1 atom stereocenters. The van der Waals surface area contributed by atoms with E-state index in [1.54, 1.807) is 12.5 Å². The average molecular weight is 246 g/mol. The van der Waals surface area contributed by atoms with Gasteiger partial charge in [0.2, 0.25) is 0 Å². The third kappa shape index (κ3) is 3.25. The van der Waals surface area contributed by atoms with Gasteiger partial charge in [0, 0.05) is 12.2 Å². The molecule has 0 spiro atoms. The predicted molar refractivity (Wildman–Crippen MR) is 75.9 cm³/mol. The minimum absolute atomic E-state index is 0.454. The van der Waals surface area contributed by atoms with E-state index in [0.717, 1.165) is 16.8 Å². The van der Waals surface area contributed by atoms with Gasteiger partial charge in [-0.3, -0.25) is 0 Å². The zero-order valence-corrected chi connectivity index (χ0v) is 11.3. The second-order valence-electron chi connectivity index (χ2n) is 4.89. The van der Waals surface area contributed by atoms with E-state index in [4.69, 9.17) is 4.42 Å². The molecule has 0 aliphatic rings. The second-order valence-corrected chi connectivity index (χ2v) is 4.89. The lowest BCUT2D eigenvalue weighted by molar-refractivity contribution is 0.593. The predicted octanol–water partition coefficient (Wildman–Crippen LogP) is 4.60. The first-order valence-corrected chi connectivity index (χ1v) is 6.90. The van der Waals surface area contributed by atoms with Gasteiger partial charge in [-0.25, -0.2) is 4.98 Å². The van der Waals surface area contributed by atoms with Gasteiger partial charge in [-0.15, -0.1) is 0 Å². The Bertz CT molecular complexity index is 478. The smallest absolute Gasteiger partial charge is 0.139 e. The normalized spacial score (nSPS) is 12.8. The van der Waals surface area contributed by atoms with Gasteiger partial charge in [0.25, 0.3) is 0 Å². The molecule has 98 valence electrons. The number of furan rings is 1. The van der Waals surface area contributed by atoms with E-state index in [1.807, 2.05) is 12.1 Å². The molecule has 2 heterocycles. The monoisotopic (exact) mass is 246 g/mol. The Morgan fingerprint density at radius 3 is 3.00 bits per heavy atom. The van der Waals surface area contributed by atoms with Crippen molar-refractivity contribution in [2.24, 2.45) is 0 Å². The molecule has 0 fully saturated rings. The second kappa shape index (κ2) is 6.43. The fourth-order valence-electron chi connectivity index (χ4n) is 2.19. The summed E-state index contributed by atoms with van der Waals surface area (Å²) in [5.41, 5.74) is 0.894. The molecule has 0 radical (unpaired) electrons. The third-order valence-electron chi connectivity index (χ3n) is 3.25. The summed E-state index contributed by atoms with van der Waals surface area (Å²) in [6.45, 7) is 4.46. The van der Waals surface area contributed by atoms with Crippen LogP contribution in [0.4, 0.5) is 5.82 Å². The molecular weight excluding hydrogens is 224 g/mol.